The molecule has 0 aliphatic heterocycles. The highest BCUT2D eigenvalue weighted by atomic mass is 32.2. The van der Waals surface area contributed by atoms with Gasteiger partial charge in [-0.25, -0.2) is 13.1 Å². The fourth-order valence-corrected chi connectivity index (χ4v) is 4.48. The molecule has 0 saturated heterocycles. The second-order valence-corrected chi connectivity index (χ2v) is 7.73. The van der Waals surface area contributed by atoms with Crippen LogP contribution in [0.5, 0.6) is 0 Å². The van der Waals surface area contributed by atoms with Crippen molar-refractivity contribution in [1.82, 2.24) is 4.72 Å². The monoisotopic (exact) mass is 371 g/mol. The molecule has 7 heteroatoms. The summed E-state index contributed by atoms with van der Waals surface area (Å²) >= 11 is 0. The molecule has 0 aromatic heterocycles. The predicted molar refractivity (Wildman–Crippen MR) is 91.0 cm³/mol. The standard InChI is InChI=1S/C18H20F3NO2S/c1-12-10-13(2)17(14(3)11-12)25(23,24)22-9-8-15-6-4-5-7-16(15)18(19,20)21/h4-7,10-11,22H,8-9H2,1-3H3. The van der Waals surface area contributed by atoms with Gasteiger partial charge in [-0.1, -0.05) is 35.9 Å². The molecule has 0 unspecified atom stereocenters. The maximum absolute atomic E-state index is 13.0. The Hall–Kier alpha value is -1.86. The number of hydrogen-bond acceptors (Lipinski definition) is 2. The lowest BCUT2D eigenvalue weighted by atomic mass is 10.0. The summed E-state index contributed by atoms with van der Waals surface area (Å²) in [4.78, 5) is 0.183. The van der Waals surface area contributed by atoms with Gasteiger partial charge in [0.25, 0.3) is 0 Å². The van der Waals surface area contributed by atoms with E-state index >= 15 is 0 Å². The summed E-state index contributed by atoms with van der Waals surface area (Å²) in [6, 6.07) is 8.71. The zero-order chi connectivity index (χ0) is 18.8. The molecule has 2 aromatic rings. The van der Waals surface area contributed by atoms with Gasteiger partial charge in [0.1, 0.15) is 0 Å². The van der Waals surface area contributed by atoms with E-state index < -0.39 is 21.8 Å². The van der Waals surface area contributed by atoms with E-state index in [1.165, 1.54) is 18.2 Å². The van der Waals surface area contributed by atoms with Gasteiger partial charge in [-0.2, -0.15) is 13.2 Å². The van der Waals surface area contributed by atoms with Crippen LogP contribution in [0, 0.1) is 20.8 Å². The molecule has 0 spiro atoms. The molecule has 0 bridgehead atoms. The second-order valence-electron chi connectivity index (χ2n) is 6.03. The van der Waals surface area contributed by atoms with Gasteiger partial charge in [-0.05, 0) is 49.9 Å². The van der Waals surface area contributed by atoms with Crippen molar-refractivity contribution < 1.29 is 21.6 Å². The summed E-state index contributed by atoms with van der Waals surface area (Å²) in [7, 11) is -3.79. The normalized spacial score (nSPS) is 12.4. The van der Waals surface area contributed by atoms with Crippen molar-refractivity contribution in [3.05, 3.63) is 64.2 Å². The molecule has 25 heavy (non-hydrogen) atoms. The molecule has 0 aliphatic carbocycles. The summed E-state index contributed by atoms with van der Waals surface area (Å²) in [6.07, 6.45) is -4.50. The van der Waals surface area contributed by atoms with Crippen LogP contribution in [-0.4, -0.2) is 15.0 Å². The third-order valence-corrected chi connectivity index (χ3v) is 5.65. The van der Waals surface area contributed by atoms with E-state index in [1.54, 1.807) is 26.0 Å². The highest BCUT2D eigenvalue weighted by Crippen LogP contribution is 2.32. The first-order valence-corrected chi connectivity index (χ1v) is 9.23. The van der Waals surface area contributed by atoms with Crippen LogP contribution < -0.4 is 4.72 Å². The number of halogens is 3. The number of hydrogen-bond donors (Lipinski definition) is 1. The number of rotatable bonds is 5. The average Bonchev–Trinajstić information content (AvgIpc) is 2.44. The van der Waals surface area contributed by atoms with Gasteiger partial charge in [0.15, 0.2) is 0 Å². The van der Waals surface area contributed by atoms with Crippen molar-refractivity contribution in [2.24, 2.45) is 0 Å². The zero-order valence-corrected chi connectivity index (χ0v) is 15.1. The summed E-state index contributed by atoms with van der Waals surface area (Å²) in [5, 5.41) is 0. The number of alkyl halides is 3. The molecule has 0 amide bonds. The van der Waals surface area contributed by atoms with Crippen molar-refractivity contribution in [2.75, 3.05) is 6.54 Å². The van der Waals surface area contributed by atoms with E-state index in [-0.39, 0.29) is 23.4 Å². The fraction of sp³-hybridized carbons (Fsp3) is 0.333. The molecule has 0 saturated carbocycles. The molecule has 0 atom stereocenters. The molecule has 2 rings (SSSR count). The summed E-state index contributed by atoms with van der Waals surface area (Å²) in [5.41, 5.74) is 1.50. The third kappa shape index (κ3) is 4.61. The van der Waals surface area contributed by atoms with Crippen LogP contribution in [0.25, 0.3) is 0 Å². The summed E-state index contributed by atoms with van der Waals surface area (Å²) < 4.78 is 66.4. The van der Waals surface area contributed by atoms with E-state index in [0.717, 1.165) is 11.6 Å². The Morgan fingerprint density at radius 1 is 1.00 bits per heavy atom. The fourth-order valence-electron chi connectivity index (χ4n) is 3.00. The van der Waals surface area contributed by atoms with E-state index in [4.69, 9.17) is 0 Å². The maximum atomic E-state index is 13.0. The molecule has 1 N–H and O–H groups in total. The lowest BCUT2D eigenvalue weighted by Gasteiger charge is -2.15. The summed E-state index contributed by atoms with van der Waals surface area (Å²) in [6.45, 7) is 5.17. The van der Waals surface area contributed by atoms with Crippen LogP contribution in [0.15, 0.2) is 41.3 Å². The Labute approximate surface area is 145 Å². The maximum Gasteiger partial charge on any atom is 0.416 e. The Balaban J connectivity index is 2.18. The lowest BCUT2D eigenvalue weighted by molar-refractivity contribution is -0.138. The van der Waals surface area contributed by atoms with Crippen LogP contribution >= 0.6 is 0 Å². The first-order chi connectivity index (χ1) is 11.5. The smallest absolute Gasteiger partial charge is 0.211 e. The molecule has 0 heterocycles. The van der Waals surface area contributed by atoms with Gasteiger partial charge in [-0.15, -0.1) is 0 Å². The lowest BCUT2D eigenvalue weighted by Crippen LogP contribution is -2.28. The Morgan fingerprint density at radius 3 is 2.12 bits per heavy atom. The first kappa shape index (κ1) is 19.5. The van der Waals surface area contributed by atoms with Gasteiger partial charge in [-0.3, -0.25) is 0 Å². The van der Waals surface area contributed by atoms with Gasteiger partial charge in [0.05, 0.1) is 10.5 Å². The molecule has 0 radical (unpaired) electrons. The average molecular weight is 371 g/mol. The van der Waals surface area contributed by atoms with Crippen LogP contribution in [0.3, 0.4) is 0 Å². The van der Waals surface area contributed by atoms with Crippen LogP contribution in [0.2, 0.25) is 0 Å². The van der Waals surface area contributed by atoms with Crippen molar-refractivity contribution in [2.45, 2.75) is 38.3 Å². The van der Waals surface area contributed by atoms with Crippen molar-refractivity contribution in [1.29, 1.82) is 0 Å². The number of benzene rings is 2. The molecular weight excluding hydrogens is 351 g/mol. The second kappa shape index (κ2) is 7.17. The zero-order valence-electron chi connectivity index (χ0n) is 14.2. The van der Waals surface area contributed by atoms with E-state index in [1.807, 2.05) is 6.92 Å². The van der Waals surface area contributed by atoms with Crippen molar-refractivity contribution in [3.8, 4) is 0 Å². The van der Waals surface area contributed by atoms with Gasteiger partial charge in [0, 0.05) is 6.54 Å². The van der Waals surface area contributed by atoms with Crippen LogP contribution in [0.4, 0.5) is 13.2 Å². The largest absolute Gasteiger partial charge is 0.416 e. The molecule has 136 valence electrons. The number of sulfonamides is 1. The molecule has 0 fully saturated rings. The highest BCUT2D eigenvalue weighted by molar-refractivity contribution is 7.89. The highest BCUT2D eigenvalue weighted by Gasteiger charge is 2.32. The minimum absolute atomic E-state index is 0.0428. The molecule has 3 nitrogen and oxygen atoms in total. The van der Waals surface area contributed by atoms with Gasteiger partial charge < -0.3 is 0 Å². The SMILES string of the molecule is Cc1cc(C)c(S(=O)(=O)NCCc2ccccc2C(F)(F)F)c(C)c1. The quantitative estimate of drug-likeness (QED) is 0.858. The first-order valence-electron chi connectivity index (χ1n) is 7.75. The van der Waals surface area contributed by atoms with Crippen LogP contribution in [0.1, 0.15) is 27.8 Å². The predicted octanol–water partition coefficient (Wildman–Crippen LogP) is 4.15. The number of aryl methyl sites for hydroxylation is 3. The van der Waals surface area contributed by atoms with Gasteiger partial charge in [0.2, 0.25) is 10.0 Å². The minimum Gasteiger partial charge on any atom is -0.211 e. The molecule has 2 aromatic carbocycles. The Morgan fingerprint density at radius 2 is 1.56 bits per heavy atom. The van der Waals surface area contributed by atoms with Gasteiger partial charge >= 0.3 is 6.18 Å². The molecular formula is C18H20F3NO2S. The van der Waals surface area contributed by atoms with Crippen molar-refractivity contribution in [3.63, 3.8) is 0 Å². The topological polar surface area (TPSA) is 46.2 Å². The van der Waals surface area contributed by atoms with Crippen molar-refractivity contribution >= 4 is 10.0 Å². The Bertz CT molecular complexity index is 851. The summed E-state index contributed by atoms with van der Waals surface area (Å²) in [5.74, 6) is 0. The third-order valence-electron chi connectivity index (χ3n) is 3.88. The molecule has 0 aliphatic rings. The van der Waals surface area contributed by atoms with Crippen LogP contribution in [-0.2, 0) is 22.6 Å². The Kier molecular flexibility index (Phi) is 5.58. The van der Waals surface area contributed by atoms with E-state index in [2.05, 4.69) is 4.72 Å². The number of nitrogens with one attached hydrogen (secondary N) is 1. The van der Waals surface area contributed by atoms with E-state index in [9.17, 15) is 21.6 Å². The van der Waals surface area contributed by atoms with E-state index in [0.29, 0.717) is 11.1 Å². The minimum atomic E-state index is -4.46.